The number of rotatable bonds is 23. The Kier molecular flexibility index (Phi) is 26.6. The van der Waals surface area contributed by atoms with Crippen molar-refractivity contribution < 1.29 is 109 Å². The maximum Gasteiger partial charge on any atom is 0.407 e. The van der Waals surface area contributed by atoms with Gasteiger partial charge in [-0.15, -0.1) is 0 Å². The first-order valence-electron chi connectivity index (χ1n) is 29.0. The molecular formula is C62H62F14N10O10. The van der Waals surface area contributed by atoms with Crippen molar-refractivity contribution in [3.63, 3.8) is 0 Å². The number of nitrogens with two attached hydrogens (primary N) is 1. The number of methoxy groups -OCH3 is 1. The van der Waals surface area contributed by atoms with E-state index in [1.807, 2.05) is 0 Å². The van der Waals surface area contributed by atoms with Crippen LogP contribution in [0.1, 0.15) is 58.1 Å². The zero-order valence-corrected chi connectivity index (χ0v) is 50.3. The smallest absolute Gasteiger partial charge is 0.407 e. The second-order valence-electron chi connectivity index (χ2n) is 21.7. The van der Waals surface area contributed by atoms with Crippen molar-refractivity contribution in [2.75, 3.05) is 70.3 Å². The standard InChI is InChI=1S/C32H32F7N5O6.C30H30F7N5O4/c1-48-31(47)44-28(27(17-2-4-19(33)5-3-17)18-8-20(34)10-21(35)9-18)29(45)43-26-13-40-12-25(36)24(26)7-6-23-11-41-22(14-49-23)15-50-30(46)42-16-32(37,38)39;31-18-3-1-16(2-4-18)26(17-7-19(32)9-20(33)8-17)27(38)28(43)42-25-12-39-11-24(34)23(25)6-5-22-10-40-21(13-45-22)14-46-29(44)41-15-30(35,36)37/h2-5,8-10,12-13,22-23,27-28,41H,6-7,11,14-16H2,1H3,(H,42,46)(H,43,45)(H,44,47);1-4,7-9,11-12,21-22,26-27,40H,5-6,10,13-15,38H2,(H,41,44)(H,42,43)/t22-,23-,27?,28?;21-,22-,26+,27+/m11/s1. The minimum absolute atomic E-state index is 0.00290. The van der Waals surface area contributed by atoms with Gasteiger partial charge < -0.3 is 66.6 Å². The molecule has 2 unspecified atom stereocenters. The van der Waals surface area contributed by atoms with Crippen LogP contribution in [0.25, 0.3) is 0 Å². The third-order valence-electron chi connectivity index (χ3n) is 14.7. The number of alkyl halides is 6. The lowest BCUT2D eigenvalue weighted by Gasteiger charge is -2.30. The van der Waals surface area contributed by atoms with Crippen molar-refractivity contribution in [1.82, 2.24) is 36.6 Å². The minimum Gasteiger partial charge on any atom is -0.453 e. The summed E-state index contributed by atoms with van der Waals surface area (Å²) >= 11 is 0. The molecule has 6 aromatic rings. The number of carbonyl (C=O) groups excluding carboxylic acids is 5. The Morgan fingerprint density at radius 2 is 0.938 bits per heavy atom. The van der Waals surface area contributed by atoms with Crippen LogP contribution < -0.4 is 43.0 Å². The zero-order chi connectivity index (χ0) is 69.9. The Bertz CT molecular complexity index is 3560. The van der Waals surface area contributed by atoms with E-state index in [0.29, 0.717) is 17.7 Å². The largest absolute Gasteiger partial charge is 0.453 e. The van der Waals surface area contributed by atoms with Crippen LogP contribution in [0.4, 0.5) is 87.2 Å². The van der Waals surface area contributed by atoms with E-state index in [0.717, 1.165) is 74.2 Å². The number of nitrogens with one attached hydrogen (secondary N) is 7. The van der Waals surface area contributed by atoms with Gasteiger partial charge in [-0.25, -0.2) is 49.5 Å². The summed E-state index contributed by atoms with van der Waals surface area (Å²) in [5.74, 6) is -10.7. The summed E-state index contributed by atoms with van der Waals surface area (Å²) in [5, 5.41) is 16.7. The number of aromatic nitrogens is 2. The van der Waals surface area contributed by atoms with Crippen LogP contribution in [0.5, 0.6) is 0 Å². The molecule has 5 amide bonds. The molecule has 518 valence electrons. The van der Waals surface area contributed by atoms with Crippen molar-refractivity contribution in [3.8, 4) is 0 Å². The molecule has 0 radical (unpaired) electrons. The molecular weight excluding hydrogens is 1310 g/mol. The van der Waals surface area contributed by atoms with Crippen molar-refractivity contribution in [3.05, 3.63) is 190 Å². The van der Waals surface area contributed by atoms with E-state index < -0.39 is 150 Å². The number of hydrogen-bond donors (Lipinski definition) is 8. The second kappa shape index (κ2) is 34.4. The van der Waals surface area contributed by atoms with Gasteiger partial charge in [0.25, 0.3) is 0 Å². The fraction of sp³-hybridized carbons (Fsp3) is 0.371. The number of ether oxygens (including phenoxy) is 5. The first-order chi connectivity index (χ1) is 45.5. The van der Waals surface area contributed by atoms with Crippen molar-refractivity contribution in [1.29, 1.82) is 0 Å². The van der Waals surface area contributed by atoms with E-state index in [9.17, 15) is 81.0 Å². The Balaban J connectivity index is 0.000000272. The number of benzene rings is 4. The number of pyridine rings is 2. The highest BCUT2D eigenvalue weighted by molar-refractivity contribution is 5.98. The topological polar surface area (TPSA) is 268 Å². The highest BCUT2D eigenvalue weighted by Crippen LogP contribution is 2.34. The van der Waals surface area contributed by atoms with Gasteiger partial charge in [0, 0.05) is 48.2 Å². The van der Waals surface area contributed by atoms with Crippen LogP contribution in [-0.4, -0.2) is 149 Å². The molecule has 0 spiro atoms. The molecule has 96 heavy (non-hydrogen) atoms. The Morgan fingerprint density at radius 1 is 0.542 bits per heavy atom. The van der Waals surface area contributed by atoms with Crippen LogP contribution in [0.3, 0.4) is 0 Å². The third-order valence-corrected chi connectivity index (χ3v) is 14.7. The molecule has 2 fully saturated rings. The first-order valence-corrected chi connectivity index (χ1v) is 29.0. The maximum atomic E-state index is 15.1. The first kappa shape index (κ1) is 74.1. The summed E-state index contributed by atoms with van der Waals surface area (Å²) in [4.78, 5) is 70.2. The summed E-state index contributed by atoms with van der Waals surface area (Å²) in [6.45, 7) is -3.04. The van der Waals surface area contributed by atoms with Gasteiger partial charge in [0.1, 0.15) is 78.9 Å². The number of halogens is 14. The Labute approximate surface area is 537 Å². The number of anilines is 2. The van der Waals surface area contributed by atoms with E-state index in [1.54, 1.807) is 10.6 Å². The van der Waals surface area contributed by atoms with Gasteiger partial charge in [0.2, 0.25) is 11.8 Å². The highest BCUT2D eigenvalue weighted by Gasteiger charge is 2.36. The van der Waals surface area contributed by atoms with Crippen LogP contribution in [0, 0.1) is 46.5 Å². The molecule has 0 aliphatic carbocycles. The molecule has 4 heterocycles. The van der Waals surface area contributed by atoms with Gasteiger partial charge in [-0.3, -0.25) is 19.6 Å². The highest BCUT2D eigenvalue weighted by atomic mass is 19.4. The summed E-state index contributed by atoms with van der Waals surface area (Å²) in [6.07, 6.45) is -8.82. The van der Waals surface area contributed by atoms with Crippen LogP contribution in [-0.2, 0) is 46.1 Å². The molecule has 20 nitrogen and oxygen atoms in total. The van der Waals surface area contributed by atoms with Gasteiger partial charge in [-0.05, 0) is 96.5 Å². The number of carbonyl (C=O) groups is 5. The molecule has 0 bridgehead atoms. The fourth-order valence-corrected chi connectivity index (χ4v) is 10.1. The quantitative estimate of drug-likeness (QED) is 0.0220. The lowest BCUT2D eigenvalue weighted by Crippen LogP contribution is -2.49. The van der Waals surface area contributed by atoms with Crippen LogP contribution >= 0.6 is 0 Å². The zero-order valence-electron chi connectivity index (χ0n) is 50.3. The maximum absolute atomic E-state index is 15.1. The fourth-order valence-electron chi connectivity index (χ4n) is 10.1. The third kappa shape index (κ3) is 23.0. The molecule has 2 aliphatic heterocycles. The van der Waals surface area contributed by atoms with Gasteiger partial charge in [0.05, 0.1) is 86.8 Å². The van der Waals surface area contributed by atoms with E-state index in [1.165, 1.54) is 30.5 Å². The summed E-state index contributed by atoms with van der Waals surface area (Å²) in [5.41, 5.74) is 6.75. The van der Waals surface area contributed by atoms with E-state index in [-0.39, 0.29) is 104 Å². The van der Waals surface area contributed by atoms with Gasteiger partial charge >= 0.3 is 30.6 Å². The minimum atomic E-state index is -4.59. The monoisotopic (exact) mass is 1370 g/mol. The lowest BCUT2D eigenvalue weighted by atomic mass is 9.84. The molecule has 2 saturated heterocycles. The van der Waals surface area contributed by atoms with Crippen LogP contribution in [0.15, 0.2) is 110 Å². The van der Waals surface area contributed by atoms with Crippen molar-refractivity contribution in [2.45, 2.75) is 86.2 Å². The summed E-state index contributed by atoms with van der Waals surface area (Å²) < 4.78 is 213. The van der Waals surface area contributed by atoms with Crippen LogP contribution in [0.2, 0.25) is 0 Å². The molecule has 8 rings (SSSR count). The molecule has 4 aromatic carbocycles. The van der Waals surface area contributed by atoms with Gasteiger partial charge in [-0.1, -0.05) is 24.3 Å². The average molecular weight is 1370 g/mol. The van der Waals surface area contributed by atoms with Crippen molar-refractivity contribution in [2.24, 2.45) is 5.73 Å². The second-order valence-corrected chi connectivity index (χ2v) is 21.7. The van der Waals surface area contributed by atoms with Crippen molar-refractivity contribution >= 4 is 41.5 Å². The van der Waals surface area contributed by atoms with Gasteiger partial charge in [0.15, 0.2) is 0 Å². The Hall–Kier alpha value is -9.25. The summed E-state index contributed by atoms with van der Waals surface area (Å²) in [7, 11) is 1.03. The van der Waals surface area contributed by atoms with E-state index in [4.69, 9.17) is 24.7 Å². The normalized spacial score (nSPS) is 17.6. The average Bonchev–Trinajstić information content (AvgIpc) is 0.804. The predicted octanol–water partition coefficient (Wildman–Crippen LogP) is 9.03. The number of nitrogens with zero attached hydrogens (tertiary/aromatic N) is 2. The summed E-state index contributed by atoms with van der Waals surface area (Å²) in [6, 6.07) is 10.7. The van der Waals surface area contributed by atoms with E-state index >= 15 is 4.39 Å². The number of alkyl carbamates (subject to hydrolysis) is 3. The SMILES string of the molecule is COC(=O)NC(C(=O)Nc1cncc(F)c1CC[C@@H]1CN[C@@H](COC(=O)NCC(F)(F)F)CO1)C(c1ccc(F)cc1)c1cc(F)cc(F)c1.N[C@H](C(=O)Nc1cncc(F)c1CC[C@@H]1CN[C@@H](COC(=O)NCC(F)(F)F)CO1)[C@@H](c1ccc(F)cc1)c1cc(F)cc(F)c1. The number of hydrogen-bond acceptors (Lipinski definition) is 15. The predicted molar refractivity (Wildman–Crippen MR) is 313 cm³/mol. The number of amides is 5. The number of morpholine rings is 2. The molecule has 2 aliphatic rings. The molecule has 0 saturated carbocycles. The van der Waals surface area contributed by atoms with E-state index in [2.05, 4.69) is 41.3 Å². The lowest BCUT2D eigenvalue weighted by molar-refractivity contribution is -0.124. The Morgan fingerprint density at radius 3 is 1.32 bits per heavy atom. The molecule has 9 N–H and O–H groups in total. The molecule has 34 heteroatoms. The molecule has 2 aromatic heterocycles. The van der Waals surface area contributed by atoms with Gasteiger partial charge in [-0.2, -0.15) is 26.3 Å². The molecule has 8 atom stereocenters.